The minimum absolute atomic E-state index is 0.0394. The fourth-order valence-electron chi connectivity index (χ4n) is 2.97. The topological polar surface area (TPSA) is 55.8 Å². The van der Waals surface area contributed by atoms with Crippen molar-refractivity contribution in [1.29, 1.82) is 0 Å². The Bertz CT molecular complexity index is 552. The Morgan fingerprint density at radius 1 is 1.37 bits per heavy atom. The molecule has 0 unspecified atom stereocenters. The maximum atomic E-state index is 14.4. The SMILES string of the molecule is O=C(O)C1(c2c(F)c(Cl)cc3c2OCO3)CCCC1. The normalized spacial score (nSPS) is 19.7. The number of ether oxygens (including phenoxy) is 2. The fraction of sp³-hybridized carbons (Fsp3) is 0.462. The van der Waals surface area contributed by atoms with E-state index in [4.69, 9.17) is 21.1 Å². The molecule has 1 aliphatic heterocycles. The highest BCUT2D eigenvalue weighted by Gasteiger charge is 2.48. The highest BCUT2D eigenvalue weighted by Crippen LogP contribution is 2.51. The summed E-state index contributed by atoms with van der Waals surface area (Å²) in [7, 11) is 0. The van der Waals surface area contributed by atoms with Crippen LogP contribution in [0.15, 0.2) is 6.07 Å². The number of carbonyl (C=O) groups is 1. The molecule has 0 amide bonds. The molecule has 3 rings (SSSR count). The van der Waals surface area contributed by atoms with Crippen molar-refractivity contribution in [3.63, 3.8) is 0 Å². The third kappa shape index (κ3) is 1.68. The van der Waals surface area contributed by atoms with Crippen LogP contribution in [0.4, 0.5) is 4.39 Å². The molecule has 0 aromatic heterocycles. The average Bonchev–Trinajstić information content (AvgIpc) is 2.99. The first-order chi connectivity index (χ1) is 9.06. The highest BCUT2D eigenvalue weighted by molar-refractivity contribution is 6.31. The molecular formula is C13H12ClFO4. The van der Waals surface area contributed by atoms with E-state index in [1.54, 1.807) is 0 Å². The second-order valence-electron chi connectivity index (χ2n) is 4.88. The lowest BCUT2D eigenvalue weighted by molar-refractivity contribution is -0.143. The van der Waals surface area contributed by atoms with E-state index in [-0.39, 0.29) is 23.1 Å². The number of halogens is 2. The number of carboxylic acids is 1. The summed E-state index contributed by atoms with van der Waals surface area (Å²) in [4.78, 5) is 11.7. The standard InChI is InChI=1S/C13H12ClFO4/c14-7-5-8-11(19-6-18-8)9(10(7)15)13(12(16)17)3-1-2-4-13/h5H,1-4,6H2,(H,16,17). The number of fused-ring (bicyclic) bond motifs is 1. The van der Waals surface area contributed by atoms with Gasteiger partial charge in [0, 0.05) is 6.07 Å². The Kier molecular flexibility index (Phi) is 2.82. The van der Waals surface area contributed by atoms with Gasteiger partial charge in [0.1, 0.15) is 5.82 Å². The summed E-state index contributed by atoms with van der Waals surface area (Å²) in [6.45, 7) is -0.0438. The van der Waals surface area contributed by atoms with E-state index in [9.17, 15) is 14.3 Å². The van der Waals surface area contributed by atoms with Gasteiger partial charge in [-0.05, 0) is 12.8 Å². The predicted molar refractivity (Wildman–Crippen MR) is 65.3 cm³/mol. The lowest BCUT2D eigenvalue weighted by Crippen LogP contribution is -2.34. The number of rotatable bonds is 2. The molecule has 102 valence electrons. The molecule has 19 heavy (non-hydrogen) atoms. The zero-order chi connectivity index (χ0) is 13.6. The Labute approximate surface area is 114 Å². The molecule has 1 aromatic rings. The van der Waals surface area contributed by atoms with E-state index in [2.05, 4.69) is 0 Å². The maximum absolute atomic E-state index is 14.4. The first-order valence-corrected chi connectivity index (χ1v) is 6.45. The van der Waals surface area contributed by atoms with Crippen LogP contribution in [0.1, 0.15) is 31.2 Å². The van der Waals surface area contributed by atoms with Crippen LogP contribution in [0.25, 0.3) is 0 Å². The first kappa shape index (κ1) is 12.5. The minimum Gasteiger partial charge on any atom is -0.481 e. The molecule has 1 fully saturated rings. The van der Waals surface area contributed by atoms with E-state index in [1.165, 1.54) is 6.07 Å². The summed E-state index contributed by atoms with van der Waals surface area (Å²) in [5, 5.41) is 9.43. The summed E-state index contributed by atoms with van der Waals surface area (Å²) in [6.07, 6.45) is 2.26. The zero-order valence-corrected chi connectivity index (χ0v) is 10.8. The molecule has 0 bridgehead atoms. The molecule has 1 aromatic carbocycles. The third-order valence-electron chi connectivity index (χ3n) is 3.90. The smallest absolute Gasteiger partial charge is 0.314 e. The van der Waals surface area contributed by atoms with Gasteiger partial charge in [-0.25, -0.2) is 4.39 Å². The second kappa shape index (κ2) is 4.27. The van der Waals surface area contributed by atoms with Gasteiger partial charge in [-0.2, -0.15) is 0 Å². The summed E-state index contributed by atoms with van der Waals surface area (Å²) in [5.74, 6) is -1.25. The number of aliphatic carboxylic acids is 1. The maximum Gasteiger partial charge on any atom is 0.314 e. The van der Waals surface area contributed by atoms with E-state index in [1.807, 2.05) is 0 Å². The van der Waals surface area contributed by atoms with Crippen LogP contribution >= 0.6 is 11.6 Å². The Balaban J connectivity index is 2.27. The van der Waals surface area contributed by atoms with Crippen LogP contribution in [-0.4, -0.2) is 17.9 Å². The van der Waals surface area contributed by atoms with Crippen molar-refractivity contribution in [1.82, 2.24) is 0 Å². The van der Waals surface area contributed by atoms with Crippen molar-refractivity contribution in [2.24, 2.45) is 0 Å². The largest absolute Gasteiger partial charge is 0.481 e. The van der Waals surface area contributed by atoms with E-state index >= 15 is 0 Å². The Morgan fingerprint density at radius 3 is 2.68 bits per heavy atom. The van der Waals surface area contributed by atoms with E-state index in [0.29, 0.717) is 18.6 Å². The summed E-state index contributed by atoms with van der Waals surface area (Å²) in [5.41, 5.74) is -1.22. The quantitative estimate of drug-likeness (QED) is 0.907. The van der Waals surface area contributed by atoms with Crippen molar-refractivity contribution in [2.45, 2.75) is 31.1 Å². The molecule has 0 spiro atoms. The van der Waals surface area contributed by atoms with Gasteiger partial charge in [-0.1, -0.05) is 24.4 Å². The van der Waals surface area contributed by atoms with Crippen molar-refractivity contribution >= 4 is 17.6 Å². The minimum atomic E-state index is -1.26. The number of hydrogen-bond acceptors (Lipinski definition) is 3. The van der Waals surface area contributed by atoms with Crippen molar-refractivity contribution in [3.05, 3.63) is 22.5 Å². The molecule has 1 N–H and O–H groups in total. The Hall–Kier alpha value is -1.49. The van der Waals surface area contributed by atoms with Crippen molar-refractivity contribution < 1.29 is 23.8 Å². The van der Waals surface area contributed by atoms with Crippen molar-refractivity contribution in [3.8, 4) is 11.5 Å². The van der Waals surface area contributed by atoms with Gasteiger partial charge in [0.25, 0.3) is 0 Å². The van der Waals surface area contributed by atoms with Crippen LogP contribution in [0.3, 0.4) is 0 Å². The van der Waals surface area contributed by atoms with E-state index < -0.39 is 17.2 Å². The zero-order valence-electron chi connectivity index (χ0n) is 10.0. The van der Waals surface area contributed by atoms with Crippen LogP contribution in [0.5, 0.6) is 11.5 Å². The molecule has 4 nitrogen and oxygen atoms in total. The molecule has 1 aliphatic carbocycles. The van der Waals surface area contributed by atoms with Gasteiger partial charge in [-0.3, -0.25) is 4.79 Å². The first-order valence-electron chi connectivity index (χ1n) is 6.08. The average molecular weight is 287 g/mol. The predicted octanol–water partition coefficient (Wildman–Crippen LogP) is 3.10. The number of benzene rings is 1. The van der Waals surface area contributed by atoms with Gasteiger partial charge in [0.2, 0.25) is 6.79 Å². The summed E-state index contributed by atoms with van der Waals surface area (Å²) in [6, 6.07) is 1.33. The monoisotopic (exact) mass is 286 g/mol. The lowest BCUT2D eigenvalue weighted by atomic mass is 9.78. The van der Waals surface area contributed by atoms with Crippen LogP contribution < -0.4 is 9.47 Å². The van der Waals surface area contributed by atoms with Gasteiger partial charge in [-0.15, -0.1) is 0 Å². The van der Waals surface area contributed by atoms with E-state index in [0.717, 1.165) is 12.8 Å². The van der Waals surface area contributed by atoms with Crippen molar-refractivity contribution in [2.75, 3.05) is 6.79 Å². The molecule has 2 aliphatic rings. The van der Waals surface area contributed by atoms with Gasteiger partial charge >= 0.3 is 5.97 Å². The third-order valence-corrected chi connectivity index (χ3v) is 4.18. The van der Waals surface area contributed by atoms with Crippen LogP contribution in [-0.2, 0) is 10.2 Å². The number of carboxylic acid groups (broad SMARTS) is 1. The Morgan fingerprint density at radius 2 is 2.05 bits per heavy atom. The molecule has 0 atom stereocenters. The summed E-state index contributed by atoms with van der Waals surface area (Å²) < 4.78 is 24.8. The fourth-order valence-corrected chi connectivity index (χ4v) is 3.16. The molecular weight excluding hydrogens is 275 g/mol. The van der Waals surface area contributed by atoms with Crippen LogP contribution in [0, 0.1) is 5.82 Å². The van der Waals surface area contributed by atoms with Gasteiger partial charge < -0.3 is 14.6 Å². The second-order valence-corrected chi connectivity index (χ2v) is 5.28. The summed E-state index contributed by atoms with van der Waals surface area (Å²) >= 11 is 5.84. The van der Waals surface area contributed by atoms with Gasteiger partial charge in [0.15, 0.2) is 11.5 Å². The molecule has 1 heterocycles. The molecule has 0 radical (unpaired) electrons. The lowest BCUT2D eigenvalue weighted by Gasteiger charge is -2.26. The number of hydrogen-bond donors (Lipinski definition) is 1. The van der Waals surface area contributed by atoms with Gasteiger partial charge in [0.05, 0.1) is 16.0 Å². The van der Waals surface area contributed by atoms with Crippen LogP contribution in [0.2, 0.25) is 5.02 Å². The highest BCUT2D eigenvalue weighted by atomic mass is 35.5. The molecule has 0 saturated heterocycles. The molecule has 6 heteroatoms. The molecule has 1 saturated carbocycles.